The summed E-state index contributed by atoms with van der Waals surface area (Å²) in [7, 11) is -3.69. The first-order chi connectivity index (χ1) is 12.8. The van der Waals surface area contributed by atoms with Crippen molar-refractivity contribution in [2.24, 2.45) is 0 Å². The zero-order chi connectivity index (χ0) is 20.0. The van der Waals surface area contributed by atoms with Crippen LogP contribution in [-0.4, -0.2) is 38.3 Å². The maximum Gasteiger partial charge on any atom is 0.262 e. The number of halogens is 2. The number of hydrogen-bond donors (Lipinski definition) is 1. The van der Waals surface area contributed by atoms with Crippen LogP contribution in [0.3, 0.4) is 0 Å². The summed E-state index contributed by atoms with van der Waals surface area (Å²) >= 11 is 6.06. The van der Waals surface area contributed by atoms with Gasteiger partial charge in [0.25, 0.3) is 5.91 Å². The molecule has 1 amide bonds. The second-order valence-corrected chi connectivity index (χ2v) is 7.87. The van der Waals surface area contributed by atoms with Crippen LogP contribution in [-0.2, 0) is 14.8 Å². The van der Waals surface area contributed by atoms with Gasteiger partial charge in [0.05, 0.1) is 15.6 Å². The highest BCUT2D eigenvalue weighted by Crippen LogP contribution is 2.27. The van der Waals surface area contributed by atoms with Gasteiger partial charge in [-0.1, -0.05) is 31.5 Å². The molecule has 2 aromatic rings. The van der Waals surface area contributed by atoms with Crippen molar-refractivity contribution in [1.29, 1.82) is 0 Å². The first-order valence-electron chi connectivity index (χ1n) is 8.25. The molecule has 27 heavy (non-hydrogen) atoms. The number of rotatable bonds is 8. The van der Waals surface area contributed by atoms with E-state index in [2.05, 4.69) is 5.32 Å². The molecular weight excluding hydrogens is 395 g/mol. The van der Waals surface area contributed by atoms with Gasteiger partial charge in [-0.15, -0.1) is 0 Å². The van der Waals surface area contributed by atoms with Crippen LogP contribution in [0, 0.1) is 5.82 Å². The van der Waals surface area contributed by atoms with Crippen LogP contribution in [0.15, 0.2) is 47.4 Å². The topological polar surface area (TPSA) is 75.7 Å². The molecule has 0 aliphatic heterocycles. The Kier molecular flexibility index (Phi) is 7.18. The van der Waals surface area contributed by atoms with E-state index in [1.54, 1.807) is 13.8 Å². The van der Waals surface area contributed by atoms with Crippen LogP contribution in [0.25, 0.3) is 0 Å². The summed E-state index contributed by atoms with van der Waals surface area (Å²) in [4.78, 5) is 12.1. The minimum atomic E-state index is -3.69. The number of benzene rings is 2. The Bertz CT molecular complexity index is 917. The quantitative estimate of drug-likeness (QED) is 0.717. The SMILES string of the molecule is CCN(CC)S(=O)(=O)c1ccc(Cl)c(NC(=O)COc2cccc(F)c2)c1. The predicted octanol–water partition coefficient (Wildman–Crippen LogP) is 3.53. The van der Waals surface area contributed by atoms with E-state index in [0.717, 1.165) is 6.07 Å². The molecule has 0 bridgehead atoms. The highest BCUT2D eigenvalue weighted by atomic mass is 35.5. The molecule has 6 nitrogen and oxygen atoms in total. The average Bonchev–Trinajstić information content (AvgIpc) is 2.62. The van der Waals surface area contributed by atoms with E-state index in [-0.39, 0.29) is 28.0 Å². The van der Waals surface area contributed by atoms with E-state index in [1.807, 2.05) is 0 Å². The molecule has 0 radical (unpaired) electrons. The number of hydrogen-bond acceptors (Lipinski definition) is 4. The molecule has 0 atom stereocenters. The van der Waals surface area contributed by atoms with Gasteiger partial charge < -0.3 is 10.1 Å². The van der Waals surface area contributed by atoms with E-state index in [1.165, 1.54) is 40.7 Å². The summed E-state index contributed by atoms with van der Waals surface area (Å²) in [6.07, 6.45) is 0. The van der Waals surface area contributed by atoms with Crippen molar-refractivity contribution in [1.82, 2.24) is 4.31 Å². The fourth-order valence-electron chi connectivity index (χ4n) is 2.37. The number of nitrogens with one attached hydrogen (secondary N) is 1. The van der Waals surface area contributed by atoms with Crippen molar-refractivity contribution in [3.8, 4) is 5.75 Å². The molecule has 0 saturated carbocycles. The second kappa shape index (κ2) is 9.16. The predicted molar refractivity (Wildman–Crippen MR) is 102 cm³/mol. The van der Waals surface area contributed by atoms with Crippen LogP contribution >= 0.6 is 11.6 Å². The lowest BCUT2D eigenvalue weighted by Crippen LogP contribution is -2.30. The third-order valence-electron chi connectivity index (χ3n) is 3.72. The standard InChI is InChI=1S/C18H20ClFN2O4S/c1-3-22(4-2)27(24,25)15-8-9-16(19)17(11-15)21-18(23)12-26-14-7-5-6-13(20)10-14/h5-11H,3-4,12H2,1-2H3,(H,21,23). The van der Waals surface area contributed by atoms with Gasteiger partial charge in [-0.25, -0.2) is 12.8 Å². The van der Waals surface area contributed by atoms with Crippen LogP contribution in [0.5, 0.6) is 5.75 Å². The summed E-state index contributed by atoms with van der Waals surface area (Å²) in [5.74, 6) is -0.835. The summed E-state index contributed by atoms with van der Waals surface area (Å²) in [6.45, 7) is 3.74. The Labute approximate surface area is 162 Å². The fourth-order valence-corrected chi connectivity index (χ4v) is 4.01. The van der Waals surface area contributed by atoms with Crippen molar-refractivity contribution in [2.75, 3.05) is 25.0 Å². The van der Waals surface area contributed by atoms with E-state index in [0.29, 0.717) is 13.1 Å². The van der Waals surface area contributed by atoms with Gasteiger partial charge in [-0.2, -0.15) is 4.31 Å². The summed E-state index contributed by atoms with van der Waals surface area (Å²) < 4.78 is 44.8. The minimum absolute atomic E-state index is 0.0250. The average molecular weight is 415 g/mol. The number of sulfonamides is 1. The van der Waals surface area contributed by atoms with Gasteiger partial charge in [0.15, 0.2) is 6.61 Å². The maximum absolute atomic E-state index is 13.1. The molecule has 0 heterocycles. The van der Waals surface area contributed by atoms with Crippen LogP contribution in [0.4, 0.5) is 10.1 Å². The molecule has 146 valence electrons. The molecule has 0 fully saturated rings. The van der Waals surface area contributed by atoms with Crippen molar-refractivity contribution in [3.63, 3.8) is 0 Å². The van der Waals surface area contributed by atoms with Crippen molar-refractivity contribution in [3.05, 3.63) is 53.3 Å². The van der Waals surface area contributed by atoms with Crippen molar-refractivity contribution >= 4 is 33.2 Å². The Morgan fingerprint density at radius 2 is 1.89 bits per heavy atom. The highest BCUT2D eigenvalue weighted by molar-refractivity contribution is 7.89. The molecule has 0 saturated heterocycles. The lowest BCUT2D eigenvalue weighted by atomic mass is 10.3. The van der Waals surface area contributed by atoms with Crippen LogP contribution in [0.2, 0.25) is 5.02 Å². The number of carbonyl (C=O) groups excluding carboxylic acids is 1. The minimum Gasteiger partial charge on any atom is -0.484 e. The van der Waals surface area contributed by atoms with Gasteiger partial charge in [0, 0.05) is 19.2 Å². The van der Waals surface area contributed by atoms with E-state index in [9.17, 15) is 17.6 Å². The second-order valence-electron chi connectivity index (χ2n) is 5.53. The highest BCUT2D eigenvalue weighted by Gasteiger charge is 2.22. The zero-order valence-electron chi connectivity index (χ0n) is 14.9. The fraction of sp³-hybridized carbons (Fsp3) is 0.278. The molecule has 0 aliphatic carbocycles. The molecule has 0 aromatic heterocycles. The first-order valence-corrected chi connectivity index (χ1v) is 10.1. The Morgan fingerprint density at radius 3 is 2.52 bits per heavy atom. The van der Waals surface area contributed by atoms with E-state index >= 15 is 0 Å². The van der Waals surface area contributed by atoms with Gasteiger partial charge >= 0.3 is 0 Å². The first kappa shape index (κ1) is 21.1. The third-order valence-corrected chi connectivity index (χ3v) is 6.10. The van der Waals surface area contributed by atoms with E-state index in [4.69, 9.17) is 16.3 Å². The summed E-state index contributed by atoms with van der Waals surface area (Å²) in [6, 6.07) is 9.47. The number of nitrogens with zero attached hydrogens (tertiary/aromatic N) is 1. The van der Waals surface area contributed by atoms with Gasteiger partial charge in [0.1, 0.15) is 11.6 Å². The van der Waals surface area contributed by atoms with Gasteiger partial charge in [0.2, 0.25) is 10.0 Å². The van der Waals surface area contributed by atoms with Gasteiger partial charge in [-0.3, -0.25) is 4.79 Å². The molecular formula is C18H20ClFN2O4S. The Morgan fingerprint density at radius 1 is 1.19 bits per heavy atom. The van der Waals surface area contributed by atoms with Crippen molar-refractivity contribution < 1.29 is 22.3 Å². The number of carbonyl (C=O) groups is 1. The molecule has 1 N–H and O–H groups in total. The Balaban J connectivity index is 2.13. The molecule has 0 spiro atoms. The smallest absolute Gasteiger partial charge is 0.262 e. The van der Waals surface area contributed by atoms with Crippen LogP contribution in [0.1, 0.15) is 13.8 Å². The maximum atomic E-state index is 13.1. The number of ether oxygens (including phenoxy) is 1. The van der Waals surface area contributed by atoms with Gasteiger partial charge in [-0.05, 0) is 30.3 Å². The van der Waals surface area contributed by atoms with Crippen molar-refractivity contribution in [2.45, 2.75) is 18.7 Å². The molecule has 9 heteroatoms. The lowest BCUT2D eigenvalue weighted by Gasteiger charge is -2.19. The third kappa shape index (κ3) is 5.41. The summed E-state index contributed by atoms with van der Waals surface area (Å²) in [5.41, 5.74) is 0.151. The van der Waals surface area contributed by atoms with E-state index < -0.39 is 21.7 Å². The lowest BCUT2D eigenvalue weighted by molar-refractivity contribution is -0.118. The Hall–Kier alpha value is -2.16. The largest absolute Gasteiger partial charge is 0.484 e. The molecule has 0 aliphatic rings. The number of anilines is 1. The number of amides is 1. The monoisotopic (exact) mass is 414 g/mol. The van der Waals surface area contributed by atoms with Crippen LogP contribution < -0.4 is 10.1 Å². The molecule has 2 aromatic carbocycles. The summed E-state index contributed by atoms with van der Waals surface area (Å²) in [5, 5.41) is 2.70. The zero-order valence-corrected chi connectivity index (χ0v) is 16.5. The molecule has 2 rings (SSSR count). The normalized spacial score (nSPS) is 11.4. The molecule has 0 unspecified atom stereocenters.